The van der Waals surface area contributed by atoms with Gasteiger partial charge in [0, 0.05) is 17.7 Å². The van der Waals surface area contributed by atoms with Crippen LogP contribution in [0.3, 0.4) is 0 Å². The summed E-state index contributed by atoms with van der Waals surface area (Å²) in [5.74, 6) is 5.58. The topological polar surface area (TPSA) is 55.1 Å². The number of amides is 1. The first-order valence-corrected chi connectivity index (χ1v) is 5.83. The van der Waals surface area contributed by atoms with Crippen molar-refractivity contribution in [3.05, 3.63) is 28.8 Å². The Bertz CT molecular complexity index is 460. The van der Waals surface area contributed by atoms with Crippen LogP contribution < -0.4 is 11.1 Å². The van der Waals surface area contributed by atoms with Crippen LogP contribution in [0.2, 0.25) is 5.02 Å². The number of rotatable bonds is 3. The summed E-state index contributed by atoms with van der Waals surface area (Å²) in [5, 5.41) is 3.35. The highest BCUT2D eigenvalue weighted by molar-refractivity contribution is 6.31. The fraction of sp³-hybridized carbons (Fsp3) is 0.308. The number of benzene rings is 1. The van der Waals surface area contributed by atoms with Gasteiger partial charge < -0.3 is 11.1 Å². The average molecular weight is 251 g/mol. The van der Waals surface area contributed by atoms with Gasteiger partial charge in [0.05, 0.1) is 11.6 Å². The molecule has 4 heteroatoms. The number of nitrogens with two attached hydrogens (primary N) is 1. The highest BCUT2D eigenvalue weighted by Crippen LogP contribution is 2.19. The zero-order valence-electron chi connectivity index (χ0n) is 9.72. The Balaban J connectivity index is 2.85. The number of anilines is 1. The van der Waals surface area contributed by atoms with E-state index in [2.05, 4.69) is 17.2 Å². The van der Waals surface area contributed by atoms with Crippen molar-refractivity contribution in [2.75, 3.05) is 11.9 Å². The minimum absolute atomic E-state index is 0.00689. The zero-order valence-corrected chi connectivity index (χ0v) is 10.5. The molecule has 0 aromatic heterocycles. The van der Waals surface area contributed by atoms with E-state index in [-0.39, 0.29) is 12.5 Å². The van der Waals surface area contributed by atoms with Gasteiger partial charge in [-0.25, -0.2) is 0 Å². The number of carbonyl (C=O) groups excluding carboxylic acids is 1. The van der Waals surface area contributed by atoms with E-state index in [0.29, 0.717) is 22.7 Å². The van der Waals surface area contributed by atoms with E-state index >= 15 is 0 Å². The highest BCUT2D eigenvalue weighted by Gasteiger charge is 2.03. The SMILES string of the molecule is CCCC(=O)Nc1ccc(Cl)c(C#CCN)c1. The largest absolute Gasteiger partial charge is 0.326 e. The van der Waals surface area contributed by atoms with E-state index in [1.165, 1.54) is 0 Å². The summed E-state index contributed by atoms with van der Waals surface area (Å²) in [5.41, 5.74) is 6.67. The Morgan fingerprint density at radius 2 is 2.29 bits per heavy atom. The zero-order chi connectivity index (χ0) is 12.7. The Kier molecular flexibility index (Phi) is 5.55. The second-order valence-corrected chi connectivity index (χ2v) is 3.91. The fourth-order valence-electron chi connectivity index (χ4n) is 1.30. The molecule has 0 saturated carbocycles. The van der Waals surface area contributed by atoms with Crippen molar-refractivity contribution in [3.63, 3.8) is 0 Å². The molecule has 0 unspecified atom stereocenters. The number of halogens is 1. The van der Waals surface area contributed by atoms with E-state index < -0.39 is 0 Å². The second kappa shape index (κ2) is 6.95. The molecule has 0 spiro atoms. The maximum Gasteiger partial charge on any atom is 0.224 e. The van der Waals surface area contributed by atoms with Gasteiger partial charge in [-0.05, 0) is 24.6 Å². The molecule has 1 aromatic carbocycles. The van der Waals surface area contributed by atoms with Gasteiger partial charge in [0.15, 0.2) is 0 Å². The van der Waals surface area contributed by atoms with E-state index in [4.69, 9.17) is 17.3 Å². The minimum Gasteiger partial charge on any atom is -0.326 e. The van der Waals surface area contributed by atoms with E-state index in [1.807, 2.05) is 6.92 Å². The van der Waals surface area contributed by atoms with Gasteiger partial charge in [0.25, 0.3) is 0 Å². The van der Waals surface area contributed by atoms with E-state index in [9.17, 15) is 4.79 Å². The fourth-order valence-corrected chi connectivity index (χ4v) is 1.46. The van der Waals surface area contributed by atoms with Crippen molar-refractivity contribution in [1.82, 2.24) is 0 Å². The van der Waals surface area contributed by atoms with Crippen LogP contribution in [0.4, 0.5) is 5.69 Å². The molecule has 1 aromatic rings. The Morgan fingerprint density at radius 3 is 2.94 bits per heavy atom. The molecule has 0 fully saturated rings. The number of nitrogens with one attached hydrogen (secondary N) is 1. The smallest absolute Gasteiger partial charge is 0.224 e. The van der Waals surface area contributed by atoms with Crippen molar-refractivity contribution in [2.45, 2.75) is 19.8 Å². The molecule has 0 saturated heterocycles. The molecule has 0 aliphatic rings. The Hall–Kier alpha value is -1.50. The quantitative estimate of drug-likeness (QED) is 0.810. The molecule has 1 amide bonds. The first-order chi connectivity index (χ1) is 8.17. The molecule has 0 aliphatic heterocycles. The van der Waals surface area contributed by atoms with E-state index in [0.717, 1.165) is 6.42 Å². The van der Waals surface area contributed by atoms with Crippen molar-refractivity contribution in [1.29, 1.82) is 0 Å². The first-order valence-electron chi connectivity index (χ1n) is 5.45. The lowest BCUT2D eigenvalue weighted by atomic mass is 10.2. The number of carbonyl (C=O) groups is 1. The van der Waals surface area contributed by atoms with Gasteiger partial charge in [-0.3, -0.25) is 4.79 Å². The molecule has 90 valence electrons. The molecular formula is C13H15ClN2O. The van der Waals surface area contributed by atoms with Crippen LogP contribution in [-0.4, -0.2) is 12.5 Å². The predicted molar refractivity (Wildman–Crippen MR) is 70.9 cm³/mol. The maximum absolute atomic E-state index is 11.4. The molecular weight excluding hydrogens is 236 g/mol. The first kappa shape index (κ1) is 13.6. The third-order valence-electron chi connectivity index (χ3n) is 2.05. The van der Waals surface area contributed by atoms with Gasteiger partial charge in [-0.1, -0.05) is 30.4 Å². The molecule has 0 bridgehead atoms. The summed E-state index contributed by atoms with van der Waals surface area (Å²) in [6, 6.07) is 5.21. The van der Waals surface area contributed by atoms with Crippen LogP contribution in [0, 0.1) is 11.8 Å². The van der Waals surface area contributed by atoms with Crippen molar-refractivity contribution < 1.29 is 4.79 Å². The third-order valence-corrected chi connectivity index (χ3v) is 2.38. The molecule has 0 atom stereocenters. The van der Waals surface area contributed by atoms with Crippen LogP contribution in [0.5, 0.6) is 0 Å². The van der Waals surface area contributed by atoms with Gasteiger partial charge in [-0.2, -0.15) is 0 Å². The van der Waals surface area contributed by atoms with Gasteiger partial charge in [-0.15, -0.1) is 0 Å². The van der Waals surface area contributed by atoms with Crippen LogP contribution in [0.25, 0.3) is 0 Å². The van der Waals surface area contributed by atoms with Crippen molar-refractivity contribution in [3.8, 4) is 11.8 Å². The lowest BCUT2D eigenvalue weighted by molar-refractivity contribution is -0.116. The summed E-state index contributed by atoms with van der Waals surface area (Å²) in [6.45, 7) is 2.24. The van der Waals surface area contributed by atoms with Crippen LogP contribution >= 0.6 is 11.6 Å². The highest BCUT2D eigenvalue weighted by atomic mass is 35.5. The van der Waals surface area contributed by atoms with Crippen LogP contribution in [0.15, 0.2) is 18.2 Å². The normalized spacial score (nSPS) is 9.35. The minimum atomic E-state index is -0.00689. The van der Waals surface area contributed by atoms with Crippen molar-refractivity contribution >= 4 is 23.2 Å². The summed E-state index contributed by atoms with van der Waals surface area (Å²) in [7, 11) is 0. The van der Waals surface area contributed by atoms with Crippen LogP contribution in [-0.2, 0) is 4.79 Å². The molecule has 0 radical (unpaired) electrons. The monoisotopic (exact) mass is 250 g/mol. The summed E-state index contributed by atoms with van der Waals surface area (Å²) >= 11 is 5.97. The summed E-state index contributed by atoms with van der Waals surface area (Å²) in [6.07, 6.45) is 1.33. The molecule has 3 N–H and O–H groups in total. The molecule has 0 heterocycles. The second-order valence-electron chi connectivity index (χ2n) is 3.50. The van der Waals surface area contributed by atoms with Gasteiger partial charge in [0.2, 0.25) is 5.91 Å². The van der Waals surface area contributed by atoms with E-state index in [1.54, 1.807) is 18.2 Å². The predicted octanol–water partition coefficient (Wildman–Crippen LogP) is 2.39. The lowest BCUT2D eigenvalue weighted by Crippen LogP contribution is -2.10. The van der Waals surface area contributed by atoms with Gasteiger partial charge in [0.1, 0.15) is 0 Å². The Morgan fingerprint density at radius 1 is 1.53 bits per heavy atom. The molecule has 3 nitrogen and oxygen atoms in total. The average Bonchev–Trinajstić information content (AvgIpc) is 2.30. The molecule has 0 aliphatic carbocycles. The maximum atomic E-state index is 11.4. The summed E-state index contributed by atoms with van der Waals surface area (Å²) in [4.78, 5) is 11.4. The van der Waals surface area contributed by atoms with Gasteiger partial charge >= 0.3 is 0 Å². The standard InChI is InChI=1S/C13H15ClN2O/c1-2-4-13(17)16-11-6-7-12(14)10(9-11)5-3-8-15/h6-7,9H,2,4,8,15H2,1H3,(H,16,17). The third kappa shape index (κ3) is 4.48. The number of hydrogen-bond acceptors (Lipinski definition) is 2. The van der Waals surface area contributed by atoms with Crippen molar-refractivity contribution in [2.24, 2.45) is 5.73 Å². The summed E-state index contributed by atoms with van der Waals surface area (Å²) < 4.78 is 0. The molecule has 1 rings (SSSR count). The number of hydrogen-bond donors (Lipinski definition) is 2. The lowest BCUT2D eigenvalue weighted by Gasteiger charge is -2.05. The molecule has 17 heavy (non-hydrogen) atoms. The van der Waals surface area contributed by atoms with Crippen LogP contribution in [0.1, 0.15) is 25.3 Å². The Labute approximate surface area is 106 Å².